The first kappa shape index (κ1) is 12.0. The lowest BCUT2D eigenvalue weighted by atomic mass is 10.3. The van der Waals surface area contributed by atoms with Gasteiger partial charge in [-0.3, -0.25) is 9.59 Å². The summed E-state index contributed by atoms with van der Waals surface area (Å²) in [6.07, 6.45) is 0. The lowest BCUT2D eigenvalue weighted by Gasteiger charge is -2.09. The van der Waals surface area contributed by atoms with Gasteiger partial charge < -0.3 is 9.47 Å². The van der Waals surface area contributed by atoms with E-state index in [1.54, 1.807) is 12.1 Å². The van der Waals surface area contributed by atoms with Crippen molar-refractivity contribution in [3.05, 3.63) is 21.8 Å². The van der Waals surface area contributed by atoms with Crippen LogP contribution in [0.3, 0.4) is 0 Å². The number of carbonyl (C=O) groups excluding carboxylic acids is 2. The third-order valence-corrected chi connectivity index (χ3v) is 2.21. The van der Waals surface area contributed by atoms with Crippen LogP contribution >= 0.6 is 22.6 Å². The van der Waals surface area contributed by atoms with E-state index in [0.29, 0.717) is 3.57 Å². The van der Waals surface area contributed by atoms with E-state index in [4.69, 9.17) is 9.47 Å². The molecule has 0 heterocycles. The summed E-state index contributed by atoms with van der Waals surface area (Å²) in [5.74, 6) is -0.604. The first-order chi connectivity index (χ1) is 7.00. The van der Waals surface area contributed by atoms with Crippen molar-refractivity contribution in [1.29, 1.82) is 0 Å². The van der Waals surface area contributed by atoms with Crippen molar-refractivity contribution in [1.82, 2.24) is 0 Å². The zero-order valence-electron chi connectivity index (χ0n) is 8.17. The Morgan fingerprint density at radius 3 is 2.40 bits per heavy atom. The van der Waals surface area contributed by atoms with E-state index in [-0.39, 0.29) is 11.5 Å². The van der Waals surface area contributed by atoms with E-state index in [9.17, 15) is 9.59 Å². The standard InChI is InChI=1S/C10H8IO4/c1-6(12)14-9-5-3-4-8(11)10(9)15-7(2)13/h3-4H,1-2H3. The molecule has 0 saturated heterocycles. The zero-order chi connectivity index (χ0) is 11.4. The molecule has 1 radical (unpaired) electrons. The van der Waals surface area contributed by atoms with Crippen molar-refractivity contribution < 1.29 is 19.1 Å². The SMILES string of the molecule is CC(=O)Oc1[c]ccc(I)c1OC(C)=O. The molecule has 15 heavy (non-hydrogen) atoms. The second-order valence-corrected chi connectivity index (χ2v) is 3.83. The lowest BCUT2D eigenvalue weighted by Crippen LogP contribution is -2.08. The van der Waals surface area contributed by atoms with Crippen LogP contribution < -0.4 is 9.47 Å². The molecular weight excluding hydrogens is 311 g/mol. The van der Waals surface area contributed by atoms with Gasteiger partial charge in [0, 0.05) is 19.9 Å². The maximum Gasteiger partial charge on any atom is 0.308 e. The van der Waals surface area contributed by atoms with Gasteiger partial charge in [0.2, 0.25) is 0 Å². The maximum atomic E-state index is 10.8. The molecular formula is C10H8IO4. The molecule has 0 atom stereocenters. The normalized spacial score (nSPS) is 9.53. The van der Waals surface area contributed by atoms with Gasteiger partial charge in [-0.05, 0) is 34.7 Å². The summed E-state index contributed by atoms with van der Waals surface area (Å²) >= 11 is 1.98. The molecule has 0 amide bonds. The fourth-order valence-electron chi connectivity index (χ4n) is 0.899. The van der Waals surface area contributed by atoms with Crippen LogP contribution in [0.4, 0.5) is 0 Å². The Kier molecular flexibility index (Phi) is 4.07. The maximum absolute atomic E-state index is 10.8. The minimum absolute atomic E-state index is 0.129. The predicted octanol–water partition coefficient (Wildman–Crippen LogP) is 1.94. The second-order valence-electron chi connectivity index (χ2n) is 2.67. The van der Waals surface area contributed by atoms with Crippen LogP contribution in [0.2, 0.25) is 0 Å². The van der Waals surface area contributed by atoms with Crippen molar-refractivity contribution in [2.24, 2.45) is 0 Å². The summed E-state index contributed by atoms with van der Waals surface area (Å²) in [6.45, 7) is 2.55. The molecule has 1 aromatic carbocycles. The number of hydrogen-bond acceptors (Lipinski definition) is 4. The predicted molar refractivity (Wildman–Crippen MR) is 60.6 cm³/mol. The van der Waals surface area contributed by atoms with Crippen LogP contribution in [0.1, 0.15) is 13.8 Å². The second kappa shape index (κ2) is 5.11. The number of rotatable bonds is 2. The summed E-state index contributed by atoms with van der Waals surface area (Å²) in [5.41, 5.74) is 0. The van der Waals surface area contributed by atoms with Gasteiger partial charge in [0.05, 0.1) is 3.57 Å². The molecule has 0 N–H and O–H groups in total. The summed E-state index contributed by atoms with van der Waals surface area (Å²) in [4.78, 5) is 21.6. The van der Waals surface area contributed by atoms with Gasteiger partial charge in [0.25, 0.3) is 0 Å². The van der Waals surface area contributed by atoms with Gasteiger partial charge in [-0.15, -0.1) is 0 Å². The highest BCUT2D eigenvalue weighted by atomic mass is 127. The minimum atomic E-state index is -0.485. The van der Waals surface area contributed by atoms with Crippen molar-refractivity contribution in [3.8, 4) is 11.5 Å². The molecule has 0 aliphatic carbocycles. The number of esters is 2. The highest BCUT2D eigenvalue weighted by molar-refractivity contribution is 14.1. The highest BCUT2D eigenvalue weighted by Gasteiger charge is 2.13. The van der Waals surface area contributed by atoms with E-state index in [1.165, 1.54) is 13.8 Å². The van der Waals surface area contributed by atoms with Crippen LogP contribution in [0, 0.1) is 9.64 Å². The molecule has 0 saturated carbocycles. The Balaban J connectivity index is 3.08. The molecule has 0 aromatic heterocycles. The summed E-state index contributed by atoms with van der Waals surface area (Å²) in [5, 5.41) is 0. The molecule has 1 rings (SSSR count). The molecule has 5 heteroatoms. The largest absolute Gasteiger partial charge is 0.422 e. The van der Waals surface area contributed by atoms with Gasteiger partial charge >= 0.3 is 11.9 Å². The first-order valence-corrected chi connectivity index (χ1v) is 5.15. The Labute approximate surface area is 101 Å². The number of halogens is 1. The Bertz CT molecular complexity index is 400. The number of ether oxygens (including phenoxy) is 2. The molecule has 0 aliphatic heterocycles. The average Bonchev–Trinajstić information content (AvgIpc) is 2.09. The van der Waals surface area contributed by atoms with Crippen LogP contribution in [-0.2, 0) is 9.59 Å². The molecule has 0 spiro atoms. The van der Waals surface area contributed by atoms with Crippen molar-refractivity contribution in [3.63, 3.8) is 0 Å². The van der Waals surface area contributed by atoms with Crippen LogP contribution in [0.15, 0.2) is 12.1 Å². The topological polar surface area (TPSA) is 52.6 Å². The highest BCUT2D eigenvalue weighted by Crippen LogP contribution is 2.32. The number of hydrogen-bond donors (Lipinski definition) is 0. The Morgan fingerprint density at radius 1 is 1.27 bits per heavy atom. The molecule has 79 valence electrons. The van der Waals surface area contributed by atoms with Gasteiger partial charge in [0.1, 0.15) is 0 Å². The van der Waals surface area contributed by atoms with Crippen molar-refractivity contribution in [2.45, 2.75) is 13.8 Å². The monoisotopic (exact) mass is 319 g/mol. The summed E-state index contributed by atoms with van der Waals surface area (Å²) in [6, 6.07) is 5.98. The molecule has 0 unspecified atom stereocenters. The lowest BCUT2D eigenvalue weighted by molar-refractivity contribution is -0.134. The minimum Gasteiger partial charge on any atom is -0.422 e. The van der Waals surface area contributed by atoms with E-state index < -0.39 is 11.9 Å². The van der Waals surface area contributed by atoms with Gasteiger partial charge in [-0.25, -0.2) is 0 Å². The number of carbonyl (C=O) groups is 2. The smallest absolute Gasteiger partial charge is 0.308 e. The van der Waals surface area contributed by atoms with E-state index in [0.717, 1.165) is 0 Å². The molecule has 4 nitrogen and oxygen atoms in total. The molecule has 0 fully saturated rings. The van der Waals surface area contributed by atoms with Crippen LogP contribution in [0.5, 0.6) is 11.5 Å². The summed E-state index contributed by atoms with van der Waals surface area (Å²) in [7, 11) is 0. The molecule has 0 aliphatic rings. The van der Waals surface area contributed by atoms with E-state index in [2.05, 4.69) is 6.07 Å². The van der Waals surface area contributed by atoms with Crippen molar-refractivity contribution in [2.75, 3.05) is 0 Å². The van der Waals surface area contributed by atoms with Gasteiger partial charge in [-0.1, -0.05) is 0 Å². The fourth-order valence-corrected chi connectivity index (χ4v) is 1.43. The first-order valence-electron chi connectivity index (χ1n) is 4.07. The quantitative estimate of drug-likeness (QED) is 0.475. The van der Waals surface area contributed by atoms with Gasteiger partial charge in [0.15, 0.2) is 11.5 Å². The Morgan fingerprint density at radius 2 is 1.87 bits per heavy atom. The fraction of sp³-hybridized carbons (Fsp3) is 0.200. The molecule has 0 bridgehead atoms. The van der Waals surface area contributed by atoms with E-state index in [1.807, 2.05) is 22.6 Å². The number of benzene rings is 1. The van der Waals surface area contributed by atoms with Gasteiger partial charge in [-0.2, -0.15) is 0 Å². The Hall–Kier alpha value is -1.11. The van der Waals surface area contributed by atoms with Crippen LogP contribution in [-0.4, -0.2) is 11.9 Å². The van der Waals surface area contributed by atoms with Crippen molar-refractivity contribution >= 4 is 34.5 Å². The average molecular weight is 319 g/mol. The zero-order valence-corrected chi connectivity index (χ0v) is 10.3. The van der Waals surface area contributed by atoms with E-state index >= 15 is 0 Å². The third kappa shape index (κ3) is 3.50. The summed E-state index contributed by atoms with van der Waals surface area (Å²) < 4.78 is 10.5. The van der Waals surface area contributed by atoms with Crippen LogP contribution in [0.25, 0.3) is 0 Å². The third-order valence-electron chi connectivity index (χ3n) is 1.36. The molecule has 1 aromatic rings.